The van der Waals surface area contributed by atoms with Crippen LogP contribution in [0.1, 0.15) is 31.0 Å². The number of likely N-dealkylation sites (tertiary alicyclic amines) is 1. The van der Waals surface area contributed by atoms with Gasteiger partial charge in [0, 0.05) is 19.2 Å². The van der Waals surface area contributed by atoms with E-state index in [2.05, 4.69) is 6.58 Å². The number of ketones is 1. The molecule has 1 heterocycles. The van der Waals surface area contributed by atoms with Gasteiger partial charge in [0.1, 0.15) is 23.9 Å². The molecule has 0 bridgehead atoms. The molecule has 1 aliphatic rings. The Hall–Kier alpha value is -3.58. The monoisotopic (exact) mass is 451 g/mol. The van der Waals surface area contributed by atoms with Crippen LogP contribution in [0.4, 0.5) is 0 Å². The first kappa shape index (κ1) is 24.1. The zero-order valence-electron chi connectivity index (χ0n) is 19.1. The first-order valence-corrected chi connectivity index (χ1v) is 10.8. The first-order valence-electron chi connectivity index (χ1n) is 10.8. The average Bonchev–Trinajstić information content (AvgIpc) is 3.05. The van der Waals surface area contributed by atoms with Gasteiger partial charge in [-0.2, -0.15) is 0 Å². The molecule has 174 valence electrons. The second-order valence-electron chi connectivity index (χ2n) is 7.85. The van der Waals surface area contributed by atoms with Gasteiger partial charge in [-0.15, -0.1) is 0 Å². The summed E-state index contributed by atoms with van der Waals surface area (Å²) in [6.45, 7) is 8.19. The number of carbonyl (C=O) groups is 2. The summed E-state index contributed by atoms with van der Waals surface area (Å²) in [6, 6.07) is 13.1. The normalized spacial score (nSPS) is 17.5. The lowest BCUT2D eigenvalue weighted by atomic mass is 9.95. The maximum atomic E-state index is 13.1. The Bertz CT molecular complexity index is 1060. The van der Waals surface area contributed by atoms with Crippen molar-refractivity contribution in [2.24, 2.45) is 0 Å². The van der Waals surface area contributed by atoms with Crippen LogP contribution in [-0.4, -0.2) is 54.7 Å². The van der Waals surface area contributed by atoms with E-state index in [1.165, 1.54) is 12.0 Å². The quantitative estimate of drug-likeness (QED) is 0.253. The van der Waals surface area contributed by atoms with Crippen LogP contribution in [0.15, 0.2) is 66.8 Å². The predicted octanol–water partition coefficient (Wildman–Crippen LogP) is 4.11. The van der Waals surface area contributed by atoms with E-state index >= 15 is 0 Å². The summed E-state index contributed by atoms with van der Waals surface area (Å²) in [6.07, 6.45) is 1.57. The van der Waals surface area contributed by atoms with E-state index in [0.717, 1.165) is 0 Å². The van der Waals surface area contributed by atoms with Gasteiger partial charge >= 0.3 is 0 Å². The maximum Gasteiger partial charge on any atom is 0.295 e. The van der Waals surface area contributed by atoms with Crippen molar-refractivity contribution < 1.29 is 28.9 Å². The van der Waals surface area contributed by atoms with Crippen molar-refractivity contribution in [3.8, 4) is 11.5 Å². The smallest absolute Gasteiger partial charge is 0.295 e. The van der Waals surface area contributed by atoms with Gasteiger partial charge in [-0.1, -0.05) is 36.9 Å². The van der Waals surface area contributed by atoms with Crippen LogP contribution < -0.4 is 9.47 Å². The van der Waals surface area contributed by atoms with Crippen LogP contribution in [0.2, 0.25) is 0 Å². The predicted molar refractivity (Wildman–Crippen MR) is 125 cm³/mol. The van der Waals surface area contributed by atoms with E-state index in [1.54, 1.807) is 54.6 Å². The molecule has 0 aliphatic carbocycles. The highest BCUT2D eigenvalue weighted by Gasteiger charge is 2.46. The average molecular weight is 452 g/mol. The molecule has 3 rings (SSSR count). The number of rotatable bonds is 10. The second kappa shape index (κ2) is 10.8. The van der Waals surface area contributed by atoms with Crippen molar-refractivity contribution in [2.45, 2.75) is 26.0 Å². The lowest BCUT2D eigenvalue weighted by Crippen LogP contribution is -2.32. The molecule has 1 unspecified atom stereocenters. The third-order valence-electron chi connectivity index (χ3n) is 5.10. The Morgan fingerprint density at radius 1 is 1.15 bits per heavy atom. The standard InChI is InChI=1S/C26H29NO6/c1-5-13-32-20-10-6-8-18(15-20)23-22(25(29)26(30)27(23)12-14-31-4)24(28)19-9-7-11-21(16-19)33-17(2)3/h5-11,15-17,23,28H,1,12-14H2,2-4H3/b24-22-. The fourth-order valence-corrected chi connectivity index (χ4v) is 3.72. The minimum absolute atomic E-state index is 0.0127. The van der Waals surface area contributed by atoms with Crippen molar-refractivity contribution in [1.82, 2.24) is 4.90 Å². The molecule has 0 saturated carbocycles. The summed E-state index contributed by atoms with van der Waals surface area (Å²) in [7, 11) is 1.52. The molecule has 1 N–H and O–H groups in total. The van der Waals surface area contributed by atoms with Gasteiger partial charge in [0.25, 0.3) is 11.7 Å². The molecule has 0 radical (unpaired) electrons. The summed E-state index contributed by atoms with van der Waals surface area (Å²) in [5.41, 5.74) is 1.05. The highest BCUT2D eigenvalue weighted by Crippen LogP contribution is 2.40. The molecule has 0 aromatic heterocycles. The van der Waals surface area contributed by atoms with Crippen LogP contribution in [-0.2, 0) is 14.3 Å². The summed E-state index contributed by atoms with van der Waals surface area (Å²) >= 11 is 0. The third kappa shape index (κ3) is 5.43. The Morgan fingerprint density at radius 3 is 2.58 bits per heavy atom. The van der Waals surface area contributed by atoms with Crippen LogP contribution in [0.5, 0.6) is 11.5 Å². The van der Waals surface area contributed by atoms with Crippen molar-refractivity contribution >= 4 is 17.4 Å². The van der Waals surface area contributed by atoms with E-state index < -0.39 is 17.7 Å². The number of amides is 1. The summed E-state index contributed by atoms with van der Waals surface area (Å²) in [5.74, 6) is -0.576. The van der Waals surface area contributed by atoms with Crippen molar-refractivity contribution in [3.05, 3.63) is 77.9 Å². The Labute approximate surface area is 193 Å². The molecule has 7 nitrogen and oxygen atoms in total. The van der Waals surface area contributed by atoms with Gasteiger partial charge in [0.15, 0.2) is 0 Å². The molecule has 7 heteroatoms. The molecule has 1 aliphatic heterocycles. The van der Waals surface area contributed by atoms with E-state index in [0.29, 0.717) is 29.2 Å². The molecule has 1 amide bonds. The first-order chi connectivity index (χ1) is 15.9. The fourth-order valence-electron chi connectivity index (χ4n) is 3.72. The van der Waals surface area contributed by atoms with Gasteiger partial charge < -0.3 is 24.2 Å². The highest BCUT2D eigenvalue weighted by molar-refractivity contribution is 6.46. The largest absolute Gasteiger partial charge is 0.507 e. The second-order valence-corrected chi connectivity index (χ2v) is 7.85. The number of hydrogen-bond donors (Lipinski definition) is 1. The number of carbonyl (C=O) groups excluding carboxylic acids is 2. The van der Waals surface area contributed by atoms with Gasteiger partial charge in [0.2, 0.25) is 0 Å². The van der Waals surface area contributed by atoms with Crippen molar-refractivity contribution in [2.75, 3.05) is 26.9 Å². The Morgan fingerprint density at radius 2 is 1.88 bits per heavy atom. The van der Waals surface area contributed by atoms with Crippen LogP contribution >= 0.6 is 0 Å². The molecule has 1 fully saturated rings. The number of hydrogen-bond acceptors (Lipinski definition) is 6. The fraction of sp³-hybridized carbons (Fsp3) is 0.308. The number of nitrogens with zero attached hydrogens (tertiary/aromatic N) is 1. The minimum atomic E-state index is -0.790. The van der Waals surface area contributed by atoms with E-state index in [9.17, 15) is 14.7 Å². The van der Waals surface area contributed by atoms with E-state index in [4.69, 9.17) is 14.2 Å². The number of ether oxygens (including phenoxy) is 3. The molecule has 1 saturated heterocycles. The van der Waals surface area contributed by atoms with Crippen molar-refractivity contribution in [1.29, 1.82) is 0 Å². The van der Waals surface area contributed by atoms with Gasteiger partial charge in [-0.05, 0) is 43.7 Å². The number of methoxy groups -OCH3 is 1. The number of Topliss-reactive ketones (excluding diaryl/α,β-unsaturated/α-hetero) is 1. The summed E-state index contributed by atoms with van der Waals surface area (Å²) in [5, 5.41) is 11.2. The molecular formula is C26H29NO6. The number of aliphatic hydroxyl groups excluding tert-OH is 1. The summed E-state index contributed by atoms with van der Waals surface area (Å²) in [4.78, 5) is 27.4. The maximum absolute atomic E-state index is 13.1. The van der Waals surface area contributed by atoms with Gasteiger partial charge in [-0.25, -0.2) is 0 Å². The van der Waals surface area contributed by atoms with Crippen LogP contribution in [0.25, 0.3) is 5.76 Å². The Kier molecular flexibility index (Phi) is 7.90. The lowest BCUT2D eigenvalue weighted by molar-refractivity contribution is -0.140. The minimum Gasteiger partial charge on any atom is -0.507 e. The molecule has 0 spiro atoms. The SMILES string of the molecule is C=CCOc1cccc(C2/C(=C(/O)c3cccc(OC(C)C)c3)C(=O)C(=O)N2CCOC)c1. The molecule has 1 atom stereocenters. The molecular weight excluding hydrogens is 422 g/mol. The molecule has 2 aromatic carbocycles. The van der Waals surface area contributed by atoms with E-state index in [1.807, 2.05) is 13.8 Å². The van der Waals surface area contributed by atoms with E-state index in [-0.39, 0.29) is 30.6 Å². The lowest BCUT2D eigenvalue weighted by Gasteiger charge is -2.25. The topological polar surface area (TPSA) is 85.3 Å². The van der Waals surface area contributed by atoms with Crippen LogP contribution in [0.3, 0.4) is 0 Å². The van der Waals surface area contributed by atoms with Gasteiger partial charge in [-0.3, -0.25) is 9.59 Å². The summed E-state index contributed by atoms with van der Waals surface area (Å²) < 4.78 is 16.5. The zero-order chi connectivity index (χ0) is 24.0. The van der Waals surface area contributed by atoms with Gasteiger partial charge in [0.05, 0.1) is 24.3 Å². The van der Waals surface area contributed by atoms with Crippen LogP contribution in [0, 0.1) is 0 Å². The third-order valence-corrected chi connectivity index (χ3v) is 5.10. The Balaban J connectivity index is 2.12. The zero-order valence-corrected chi connectivity index (χ0v) is 19.1. The molecule has 2 aromatic rings. The van der Waals surface area contributed by atoms with Crippen molar-refractivity contribution in [3.63, 3.8) is 0 Å². The number of benzene rings is 2. The molecule has 33 heavy (non-hydrogen) atoms. The number of aliphatic hydroxyl groups is 1. The highest BCUT2D eigenvalue weighted by atomic mass is 16.5.